The molecule has 0 amide bonds. The fourth-order valence-corrected chi connectivity index (χ4v) is 1.56. The lowest BCUT2D eigenvalue weighted by atomic mass is 10.2. The summed E-state index contributed by atoms with van der Waals surface area (Å²) in [5, 5.41) is 9.08. The molecular weight excluding hydrogens is 265 g/mol. The standard InChI is InChI=1S/C11H7F3N2O3/c12-11(13,14)8-5-9(18)15-10(19)16(8)6-1-3-7(17)4-2-6/h1-5,17H,(H,15,18,19). The van der Waals surface area contributed by atoms with Crippen LogP contribution in [0.4, 0.5) is 13.2 Å². The quantitative estimate of drug-likeness (QED) is 0.820. The maximum atomic E-state index is 12.8. The van der Waals surface area contributed by atoms with E-state index >= 15 is 0 Å². The van der Waals surface area contributed by atoms with Crippen LogP contribution < -0.4 is 11.2 Å². The van der Waals surface area contributed by atoms with Crippen LogP contribution in [0.5, 0.6) is 5.75 Å². The highest BCUT2D eigenvalue weighted by molar-refractivity contribution is 5.38. The second-order valence-electron chi connectivity index (χ2n) is 3.67. The minimum Gasteiger partial charge on any atom is -0.508 e. The van der Waals surface area contributed by atoms with Crippen molar-refractivity contribution in [1.82, 2.24) is 9.55 Å². The zero-order valence-electron chi connectivity index (χ0n) is 9.23. The molecule has 1 heterocycles. The molecule has 0 unspecified atom stereocenters. The highest BCUT2D eigenvalue weighted by atomic mass is 19.4. The van der Waals surface area contributed by atoms with Crippen LogP contribution in [-0.4, -0.2) is 14.7 Å². The summed E-state index contributed by atoms with van der Waals surface area (Å²) < 4.78 is 38.8. The van der Waals surface area contributed by atoms with Gasteiger partial charge in [-0.1, -0.05) is 0 Å². The van der Waals surface area contributed by atoms with E-state index < -0.39 is 23.1 Å². The second-order valence-corrected chi connectivity index (χ2v) is 3.67. The number of benzene rings is 1. The molecule has 2 rings (SSSR count). The van der Waals surface area contributed by atoms with E-state index in [1.54, 1.807) is 4.98 Å². The zero-order valence-corrected chi connectivity index (χ0v) is 9.23. The van der Waals surface area contributed by atoms with Gasteiger partial charge in [-0.15, -0.1) is 0 Å². The first-order valence-electron chi connectivity index (χ1n) is 5.02. The Morgan fingerprint density at radius 1 is 1.11 bits per heavy atom. The number of nitrogens with zero attached hydrogens (tertiary/aromatic N) is 1. The molecule has 0 saturated carbocycles. The predicted molar refractivity (Wildman–Crippen MR) is 59.3 cm³/mol. The third kappa shape index (κ3) is 2.51. The molecule has 0 radical (unpaired) electrons. The fraction of sp³-hybridized carbons (Fsp3) is 0.0909. The summed E-state index contributed by atoms with van der Waals surface area (Å²) in [6.45, 7) is 0. The number of hydrogen-bond acceptors (Lipinski definition) is 3. The Bertz CT molecular complexity index is 714. The van der Waals surface area contributed by atoms with E-state index in [2.05, 4.69) is 0 Å². The van der Waals surface area contributed by atoms with Crippen LogP contribution in [0.1, 0.15) is 5.69 Å². The second kappa shape index (κ2) is 4.30. The van der Waals surface area contributed by atoms with Crippen molar-refractivity contribution in [2.24, 2.45) is 0 Å². The maximum Gasteiger partial charge on any atom is 0.432 e. The number of aromatic hydroxyl groups is 1. The molecule has 2 aromatic rings. The predicted octanol–water partition coefficient (Wildman–Crippen LogP) is 1.25. The van der Waals surface area contributed by atoms with Gasteiger partial charge in [0.25, 0.3) is 5.56 Å². The van der Waals surface area contributed by atoms with Crippen LogP contribution >= 0.6 is 0 Å². The molecule has 19 heavy (non-hydrogen) atoms. The van der Waals surface area contributed by atoms with Gasteiger partial charge in [0.05, 0.1) is 5.69 Å². The molecule has 8 heteroatoms. The molecule has 5 nitrogen and oxygen atoms in total. The third-order valence-electron chi connectivity index (χ3n) is 2.34. The lowest BCUT2D eigenvalue weighted by Crippen LogP contribution is -2.34. The average Bonchev–Trinajstić information content (AvgIpc) is 2.28. The molecule has 100 valence electrons. The van der Waals surface area contributed by atoms with Crippen LogP contribution in [0.2, 0.25) is 0 Å². The molecule has 0 bridgehead atoms. The van der Waals surface area contributed by atoms with E-state index in [-0.39, 0.29) is 11.4 Å². The van der Waals surface area contributed by atoms with Gasteiger partial charge < -0.3 is 5.11 Å². The SMILES string of the molecule is O=c1cc(C(F)(F)F)n(-c2ccc(O)cc2)c(=O)[nH]1. The van der Waals surface area contributed by atoms with E-state index in [4.69, 9.17) is 5.11 Å². The first-order chi connectivity index (χ1) is 8.79. The highest BCUT2D eigenvalue weighted by Gasteiger charge is 2.35. The molecule has 0 aliphatic heterocycles. The number of phenols is 1. The summed E-state index contributed by atoms with van der Waals surface area (Å²) >= 11 is 0. The van der Waals surface area contributed by atoms with Gasteiger partial charge in [-0.2, -0.15) is 13.2 Å². The van der Waals surface area contributed by atoms with Crippen molar-refractivity contribution in [1.29, 1.82) is 0 Å². The summed E-state index contributed by atoms with van der Waals surface area (Å²) in [6.07, 6.45) is -4.86. The van der Waals surface area contributed by atoms with Crippen LogP contribution in [0.15, 0.2) is 39.9 Å². The smallest absolute Gasteiger partial charge is 0.432 e. The van der Waals surface area contributed by atoms with E-state index in [9.17, 15) is 22.8 Å². The topological polar surface area (TPSA) is 75.1 Å². The number of phenolic OH excluding ortho intramolecular Hbond substituents is 1. The minimum absolute atomic E-state index is 0.119. The van der Waals surface area contributed by atoms with Crippen molar-refractivity contribution >= 4 is 0 Å². The van der Waals surface area contributed by atoms with Gasteiger partial charge in [-0.3, -0.25) is 14.3 Å². The first-order valence-corrected chi connectivity index (χ1v) is 5.02. The van der Waals surface area contributed by atoms with Crippen LogP contribution in [0.3, 0.4) is 0 Å². The Hall–Kier alpha value is -2.51. The number of hydrogen-bond donors (Lipinski definition) is 2. The Kier molecular flexibility index (Phi) is 2.93. The zero-order chi connectivity index (χ0) is 14.2. The van der Waals surface area contributed by atoms with Gasteiger partial charge in [0.2, 0.25) is 0 Å². The van der Waals surface area contributed by atoms with Gasteiger partial charge in [-0.05, 0) is 24.3 Å². The number of rotatable bonds is 1. The average molecular weight is 272 g/mol. The number of aromatic amines is 1. The Morgan fingerprint density at radius 3 is 2.21 bits per heavy atom. The normalized spacial score (nSPS) is 11.5. The van der Waals surface area contributed by atoms with Gasteiger partial charge in [0.15, 0.2) is 0 Å². The number of alkyl halides is 3. The van der Waals surface area contributed by atoms with Crippen molar-refractivity contribution in [3.05, 3.63) is 56.9 Å². The molecule has 1 aromatic carbocycles. The molecule has 0 aliphatic carbocycles. The molecule has 0 fully saturated rings. The van der Waals surface area contributed by atoms with Crippen molar-refractivity contribution < 1.29 is 18.3 Å². The van der Waals surface area contributed by atoms with Gasteiger partial charge >= 0.3 is 11.9 Å². The molecule has 0 saturated heterocycles. The van der Waals surface area contributed by atoms with Crippen LogP contribution in [0, 0.1) is 0 Å². The number of aromatic nitrogens is 2. The van der Waals surface area contributed by atoms with Gasteiger partial charge in [0, 0.05) is 6.07 Å². The van der Waals surface area contributed by atoms with Crippen LogP contribution in [-0.2, 0) is 6.18 Å². The maximum absolute atomic E-state index is 12.8. The molecule has 0 atom stereocenters. The summed E-state index contributed by atoms with van der Waals surface area (Å²) in [7, 11) is 0. The first kappa shape index (κ1) is 12.9. The molecule has 1 aromatic heterocycles. The molecule has 0 aliphatic rings. The van der Waals surface area contributed by atoms with E-state index in [0.29, 0.717) is 10.6 Å². The van der Waals surface area contributed by atoms with Crippen LogP contribution in [0.25, 0.3) is 5.69 Å². The summed E-state index contributed by atoms with van der Waals surface area (Å²) in [6, 6.07) is 4.82. The summed E-state index contributed by atoms with van der Waals surface area (Å²) in [5.74, 6) is -0.158. The van der Waals surface area contributed by atoms with E-state index in [1.165, 1.54) is 0 Å². The van der Waals surface area contributed by atoms with Crippen molar-refractivity contribution in [2.45, 2.75) is 6.18 Å². The number of nitrogens with one attached hydrogen (secondary N) is 1. The van der Waals surface area contributed by atoms with E-state index in [0.717, 1.165) is 24.3 Å². The summed E-state index contributed by atoms with van der Waals surface area (Å²) in [4.78, 5) is 24.3. The fourth-order valence-electron chi connectivity index (χ4n) is 1.56. The molecule has 0 spiro atoms. The van der Waals surface area contributed by atoms with Gasteiger partial charge in [-0.25, -0.2) is 4.79 Å². The van der Waals surface area contributed by atoms with Crippen molar-refractivity contribution in [3.8, 4) is 11.4 Å². The van der Waals surface area contributed by atoms with Crippen molar-refractivity contribution in [2.75, 3.05) is 0 Å². The Labute approximate surface area is 103 Å². The largest absolute Gasteiger partial charge is 0.508 e. The number of halogens is 3. The lowest BCUT2D eigenvalue weighted by molar-refractivity contribution is -0.143. The highest BCUT2D eigenvalue weighted by Crippen LogP contribution is 2.29. The minimum atomic E-state index is -4.86. The lowest BCUT2D eigenvalue weighted by Gasteiger charge is -2.14. The van der Waals surface area contributed by atoms with Gasteiger partial charge in [0.1, 0.15) is 11.4 Å². The van der Waals surface area contributed by atoms with Crippen molar-refractivity contribution in [3.63, 3.8) is 0 Å². The Balaban J connectivity index is 2.79. The summed E-state index contributed by atoms with van der Waals surface area (Å²) in [5.41, 5.74) is -3.84. The monoisotopic (exact) mass is 272 g/mol. The molecule has 2 N–H and O–H groups in total. The third-order valence-corrected chi connectivity index (χ3v) is 2.34. The van der Waals surface area contributed by atoms with E-state index in [1.807, 2.05) is 0 Å². The Morgan fingerprint density at radius 2 is 1.68 bits per heavy atom. The molecular formula is C11H7F3N2O3. The number of H-pyrrole nitrogens is 1.